The number of halogens is 1. The third-order valence-electron chi connectivity index (χ3n) is 1.89. The van der Waals surface area contributed by atoms with Crippen molar-refractivity contribution in [3.05, 3.63) is 23.8 Å². The molecule has 2 rings (SSSR count). The Labute approximate surface area is 90.4 Å². The molecule has 0 amide bonds. The van der Waals surface area contributed by atoms with Crippen molar-refractivity contribution in [2.75, 3.05) is 0 Å². The van der Waals surface area contributed by atoms with Crippen LogP contribution in [0.3, 0.4) is 0 Å². The summed E-state index contributed by atoms with van der Waals surface area (Å²) < 4.78 is 1.05. The third-order valence-corrected chi connectivity index (χ3v) is 3.45. The van der Waals surface area contributed by atoms with Crippen LogP contribution in [0.5, 0.6) is 5.06 Å². The lowest BCUT2D eigenvalue weighted by Gasteiger charge is -1.94. The van der Waals surface area contributed by atoms with Gasteiger partial charge >= 0.3 is 0 Å². The van der Waals surface area contributed by atoms with Gasteiger partial charge in [-0.25, -0.2) is 0 Å². The van der Waals surface area contributed by atoms with Gasteiger partial charge in [-0.2, -0.15) is 0 Å². The number of thiol groups is 1. The van der Waals surface area contributed by atoms with Crippen molar-refractivity contribution < 1.29 is 5.11 Å². The fourth-order valence-corrected chi connectivity index (χ4v) is 2.75. The minimum Gasteiger partial charge on any atom is -0.499 e. The van der Waals surface area contributed by atoms with Crippen LogP contribution < -0.4 is 0 Å². The van der Waals surface area contributed by atoms with Gasteiger partial charge in [0.25, 0.3) is 0 Å². The summed E-state index contributed by atoms with van der Waals surface area (Å²) in [5.41, 5.74) is 0.803. The molecular weight excluding hydrogens is 224 g/mol. The molecule has 0 aliphatic carbocycles. The third kappa shape index (κ3) is 1.52. The van der Waals surface area contributed by atoms with Crippen molar-refractivity contribution in [1.29, 1.82) is 0 Å². The first-order valence-corrected chi connectivity index (χ1v) is 5.51. The van der Waals surface area contributed by atoms with E-state index in [1.807, 2.05) is 18.2 Å². The zero-order valence-electron chi connectivity index (χ0n) is 6.62. The van der Waals surface area contributed by atoms with Crippen molar-refractivity contribution in [3.63, 3.8) is 0 Å². The van der Waals surface area contributed by atoms with Crippen molar-refractivity contribution in [3.8, 4) is 5.06 Å². The van der Waals surface area contributed by atoms with Gasteiger partial charge in [0, 0.05) is 20.5 Å². The maximum atomic E-state index is 9.53. The van der Waals surface area contributed by atoms with Crippen LogP contribution in [0.1, 0.15) is 5.56 Å². The van der Waals surface area contributed by atoms with E-state index in [1.165, 1.54) is 11.3 Å². The first-order valence-electron chi connectivity index (χ1n) is 3.71. The van der Waals surface area contributed by atoms with E-state index in [9.17, 15) is 5.11 Å². The highest BCUT2D eigenvalue weighted by atomic mass is 35.5. The number of alkyl halides is 1. The summed E-state index contributed by atoms with van der Waals surface area (Å²) in [5, 5.41) is 10.8. The van der Waals surface area contributed by atoms with Gasteiger partial charge in [-0.15, -0.1) is 24.2 Å². The number of hydrogen-bond acceptors (Lipinski definition) is 3. The molecule has 0 atom stereocenters. The van der Waals surface area contributed by atoms with Crippen LogP contribution in [0, 0.1) is 0 Å². The largest absolute Gasteiger partial charge is 0.499 e. The van der Waals surface area contributed by atoms with Gasteiger partial charge in [-0.3, -0.25) is 0 Å². The summed E-state index contributed by atoms with van der Waals surface area (Å²) in [4.78, 5) is 0.886. The van der Waals surface area contributed by atoms with Crippen LogP contribution in [0.25, 0.3) is 10.1 Å². The van der Waals surface area contributed by atoms with Gasteiger partial charge in [-0.05, 0) is 18.2 Å². The molecule has 1 N–H and O–H groups in total. The molecule has 0 aliphatic rings. The van der Waals surface area contributed by atoms with Gasteiger partial charge in [0.15, 0.2) is 5.06 Å². The van der Waals surface area contributed by atoms with E-state index >= 15 is 0 Å². The number of benzene rings is 1. The molecule has 1 aromatic carbocycles. The Bertz CT molecular complexity index is 450. The Hall–Kier alpha value is -0.380. The molecule has 68 valence electrons. The van der Waals surface area contributed by atoms with E-state index in [0.717, 1.165) is 20.5 Å². The van der Waals surface area contributed by atoms with E-state index < -0.39 is 0 Å². The standard InChI is InChI=1S/C9H7ClOS2/c10-4-7-6-3-5(12)1-2-8(6)13-9(7)11/h1-3,11-12H,4H2. The maximum absolute atomic E-state index is 9.53. The molecule has 1 heterocycles. The average Bonchev–Trinajstić information content (AvgIpc) is 2.40. The van der Waals surface area contributed by atoms with E-state index in [4.69, 9.17) is 11.6 Å². The van der Waals surface area contributed by atoms with E-state index in [-0.39, 0.29) is 0 Å². The van der Waals surface area contributed by atoms with E-state index in [0.29, 0.717) is 10.9 Å². The number of rotatable bonds is 1. The minimum absolute atomic E-state index is 0.309. The second-order valence-electron chi connectivity index (χ2n) is 2.70. The molecule has 1 aromatic heterocycles. The number of fused-ring (bicyclic) bond motifs is 1. The van der Waals surface area contributed by atoms with Crippen LogP contribution in [-0.4, -0.2) is 5.11 Å². The normalized spacial score (nSPS) is 10.9. The Kier molecular flexibility index (Phi) is 2.41. The molecule has 0 unspecified atom stereocenters. The van der Waals surface area contributed by atoms with Gasteiger partial charge in [-0.1, -0.05) is 11.3 Å². The van der Waals surface area contributed by atoms with Gasteiger partial charge < -0.3 is 5.11 Å². The van der Waals surface area contributed by atoms with Crippen LogP contribution in [0.2, 0.25) is 0 Å². The lowest BCUT2D eigenvalue weighted by molar-refractivity contribution is 0.487. The first-order chi connectivity index (χ1) is 6.22. The predicted octanol–water partition coefficient (Wildman–Crippen LogP) is 3.63. The predicted molar refractivity (Wildman–Crippen MR) is 60.3 cm³/mol. The molecular formula is C9H7ClOS2. The summed E-state index contributed by atoms with van der Waals surface area (Å²) in [5.74, 6) is 0.336. The second kappa shape index (κ2) is 3.40. The maximum Gasteiger partial charge on any atom is 0.176 e. The van der Waals surface area contributed by atoms with Crippen LogP contribution in [0.15, 0.2) is 23.1 Å². The van der Waals surface area contributed by atoms with Crippen LogP contribution in [-0.2, 0) is 5.88 Å². The van der Waals surface area contributed by atoms with E-state index in [1.54, 1.807) is 0 Å². The quantitative estimate of drug-likeness (QED) is 0.566. The summed E-state index contributed by atoms with van der Waals surface area (Å²) in [6.07, 6.45) is 0. The minimum atomic E-state index is 0.309. The summed E-state index contributed by atoms with van der Waals surface area (Å²) in [6.45, 7) is 0. The second-order valence-corrected chi connectivity index (χ2v) is 4.51. The Morgan fingerprint density at radius 2 is 2.23 bits per heavy atom. The van der Waals surface area contributed by atoms with Crippen LogP contribution >= 0.6 is 35.6 Å². The fourth-order valence-electron chi connectivity index (χ4n) is 1.25. The SMILES string of the molecule is Oc1sc2ccc(S)cc2c1CCl. The van der Waals surface area contributed by atoms with Gasteiger partial charge in [0.05, 0.1) is 5.88 Å². The Balaban J connectivity index is 2.80. The first kappa shape index (κ1) is 9.19. The number of thiophene rings is 1. The summed E-state index contributed by atoms with van der Waals surface area (Å²) >= 11 is 11.3. The molecule has 0 fully saturated rings. The van der Waals surface area contributed by atoms with E-state index in [2.05, 4.69) is 12.6 Å². The van der Waals surface area contributed by atoms with Gasteiger partial charge in [0.2, 0.25) is 0 Å². The Morgan fingerprint density at radius 3 is 2.92 bits per heavy atom. The molecule has 1 nitrogen and oxygen atoms in total. The van der Waals surface area contributed by atoms with Crippen molar-refractivity contribution >= 4 is 45.7 Å². The molecule has 0 radical (unpaired) electrons. The molecule has 4 heteroatoms. The fraction of sp³-hybridized carbons (Fsp3) is 0.111. The van der Waals surface area contributed by atoms with Crippen molar-refractivity contribution in [2.24, 2.45) is 0 Å². The molecule has 0 spiro atoms. The zero-order chi connectivity index (χ0) is 9.42. The lowest BCUT2D eigenvalue weighted by Crippen LogP contribution is -1.74. The average molecular weight is 231 g/mol. The molecule has 13 heavy (non-hydrogen) atoms. The number of hydrogen-bond donors (Lipinski definition) is 2. The highest BCUT2D eigenvalue weighted by molar-refractivity contribution is 7.80. The molecule has 2 aromatic rings. The monoisotopic (exact) mass is 230 g/mol. The number of aromatic hydroxyl groups is 1. The zero-order valence-corrected chi connectivity index (χ0v) is 9.09. The Morgan fingerprint density at radius 1 is 1.46 bits per heavy atom. The summed E-state index contributed by atoms with van der Waals surface area (Å²) in [7, 11) is 0. The highest BCUT2D eigenvalue weighted by Crippen LogP contribution is 2.38. The highest BCUT2D eigenvalue weighted by Gasteiger charge is 2.09. The topological polar surface area (TPSA) is 20.2 Å². The smallest absolute Gasteiger partial charge is 0.176 e. The van der Waals surface area contributed by atoms with Crippen molar-refractivity contribution in [1.82, 2.24) is 0 Å². The van der Waals surface area contributed by atoms with Crippen molar-refractivity contribution in [2.45, 2.75) is 10.8 Å². The molecule has 0 saturated carbocycles. The molecule has 0 aliphatic heterocycles. The molecule has 0 bridgehead atoms. The lowest BCUT2D eigenvalue weighted by atomic mass is 10.2. The summed E-state index contributed by atoms with van der Waals surface area (Å²) in [6, 6.07) is 5.77. The van der Waals surface area contributed by atoms with Gasteiger partial charge in [0.1, 0.15) is 0 Å². The molecule has 0 saturated heterocycles. The van der Waals surface area contributed by atoms with Crippen LogP contribution in [0.4, 0.5) is 0 Å².